The van der Waals surface area contributed by atoms with E-state index >= 15 is 0 Å². The number of benzene rings is 1. The Labute approximate surface area is 121 Å². The quantitative estimate of drug-likeness (QED) is 0.832. The molecule has 0 aliphatic heterocycles. The van der Waals surface area contributed by atoms with E-state index in [1.54, 1.807) is 21.3 Å². The van der Waals surface area contributed by atoms with E-state index in [0.29, 0.717) is 17.0 Å². The Morgan fingerprint density at radius 2 is 1.75 bits per heavy atom. The van der Waals surface area contributed by atoms with Gasteiger partial charge in [0.05, 0.1) is 21.3 Å². The Hall–Kier alpha value is -1.42. The van der Waals surface area contributed by atoms with Crippen LogP contribution in [0.15, 0.2) is 12.1 Å². The molecule has 0 bridgehead atoms. The van der Waals surface area contributed by atoms with Crippen molar-refractivity contribution in [3.05, 3.63) is 17.7 Å². The van der Waals surface area contributed by atoms with Crippen molar-refractivity contribution >= 4 is 0 Å². The lowest BCUT2D eigenvalue weighted by molar-refractivity contribution is 0.174. The molecule has 0 saturated heterocycles. The van der Waals surface area contributed by atoms with Crippen molar-refractivity contribution in [1.29, 1.82) is 0 Å². The molecular weight excluding hydrogens is 254 g/mol. The number of nitrogens with one attached hydrogen (secondary N) is 1. The van der Waals surface area contributed by atoms with Gasteiger partial charge in [-0.1, -0.05) is 13.0 Å². The lowest BCUT2D eigenvalue weighted by atomic mass is 9.75. The summed E-state index contributed by atoms with van der Waals surface area (Å²) in [5, 5.41) is 3.69. The number of methoxy groups -OCH3 is 3. The molecule has 4 nitrogen and oxygen atoms in total. The molecule has 1 aliphatic rings. The summed E-state index contributed by atoms with van der Waals surface area (Å²) in [6.07, 6.45) is 5.02. The van der Waals surface area contributed by atoms with Gasteiger partial charge in [0, 0.05) is 17.6 Å². The second-order valence-electron chi connectivity index (χ2n) is 5.33. The van der Waals surface area contributed by atoms with Crippen LogP contribution in [-0.2, 0) is 6.54 Å². The van der Waals surface area contributed by atoms with Crippen LogP contribution in [0.1, 0.15) is 38.2 Å². The fourth-order valence-corrected chi connectivity index (χ4v) is 2.84. The number of ether oxygens (including phenoxy) is 3. The highest BCUT2D eigenvalue weighted by Gasteiger charge is 2.34. The third-order valence-electron chi connectivity index (χ3n) is 4.43. The van der Waals surface area contributed by atoms with Gasteiger partial charge in [0.25, 0.3) is 0 Å². The molecule has 1 aromatic carbocycles. The van der Waals surface area contributed by atoms with Crippen LogP contribution in [0, 0.1) is 0 Å². The molecule has 1 fully saturated rings. The Bertz CT molecular complexity index is 450. The second-order valence-corrected chi connectivity index (χ2v) is 5.33. The summed E-state index contributed by atoms with van der Waals surface area (Å²) < 4.78 is 16.2. The normalized spacial score (nSPS) is 16.4. The van der Waals surface area contributed by atoms with Crippen molar-refractivity contribution < 1.29 is 14.2 Å². The van der Waals surface area contributed by atoms with E-state index in [1.165, 1.54) is 25.7 Å². The minimum atomic E-state index is 0.318. The highest BCUT2D eigenvalue weighted by atomic mass is 16.5. The molecule has 0 heterocycles. The summed E-state index contributed by atoms with van der Waals surface area (Å²) >= 11 is 0. The third-order valence-corrected chi connectivity index (χ3v) is 4.43. The first-order chi connectivity index (χ1) is 9.69. The average molecular weight is 279 g/mol. The van der Waals surface area contributed by atoms with Crippen LogP contribution in [0.5, 0.6) is 17.2 Å². The van der Waals surface area contributed by atoms with Crippen LogP contribution in [0.3, 0.4) is 0 Å². The molecule has 1 aromatic rings. The van der Waals surface area contributed by atoms with E-state index in [0.717, 1.165) is 17.9 Å². The van der Waals surface area contributed by atoms with Crippen LogP contribution in [-0.4, -0.2) is 26.9 Å². The van der Waals surface area contributed by atoms with E-state index in [1.807, 2.05) is 12.1 Å². The Balaban J connectivity index is 2.19. The van der Waals surface area contributed by atoms with Gasteiger partial charge in [-0.25, -0.2) is 0 Å². The van der Waals surface area contributed by atoms with Crippen molar-refractivity contribution in [3.63, 3.8) is 0 Å². The van der Waals surface area contributed by atoms with Crippen molar-refractivity contribution in [3.8, 4) is 17.2 Å². The smallest absolute Gasteiger partial charge is 0.203 e. The first-order valence-corrected chi connectivity index (χ1v) is 7.22. The first kappa shape index (κ1) is 15.0. The van der Waals surface area contributed by atoms with Crippen LogP contribution in [0.25, 0.3) is 0 Å². The molecule has 20 heavy (non-hydrogen) atoms. The molecule has 4 heteroatoms. The van der Waals surface area contributed by atoms with Gasteiger partial charge in [0.15, 0.2) is 11.5 Å². The third kappa shape index (κ3) is 2.70. The maximum absolute atomic E-state index is 5.52. The summed E-state index contributed by atoms with van der Waals surface area (Å²) in [7, 11) is 4.94. The maximum Gasteiger partial charge on any atom is 0.203 e. The van der Waals surface area contributed by atoms with Crippen LogP contribution in [0.2, 0.25) is 0 Å². The lowest BCUT2D eigenvalue weighted by Gasteiger charge is -2.42. The van der Waals surface area contributed by atoms with Gasteiger partial charge in [-0.05, 0) is 31.7 Å². The molecule has 1 saturated carbocycles. The fourth-order valence-electron chi connectivity index (χ4n) is 2.84. The SMILES string of the molecule is CCC1(NCc2ccc(OC)c(OC)c2OC)CCC1. The molecule has 1 N–H and O–H groups in total. The van der Waals surface area contributed by atoms with E-state index in [9.17, 15) is 0 Å². The zero-order valence-corrected chi connectivity index (χ0v) is 12.9. The van der Waals surface area contributed by atoms with E-state index in [2.05, 4.69) is 12.2 Å². The van der Waals surface area contributed by atoms with Crippen molar-refractivity contribution in [2.75, 3.05) is 21.3 Å². The molecule has 2 rings (SSSR count). The summed E-state index contributed by atoms with van der Waals surface area (Å²) in [5.74, 6) is 2.11. The summed E-state index contributed by atoms with van der Waals surface area (Å²) in [5.41, 5.74) is 1.42. The minimum Gasteiger partial charge on any atom is -0.493 e. The molecule has 112 valence electrons. The average Bonchev–Trinajstić information content (AvgIpc) is 2.45. The Morgan fingerprint density at radius 1 is 1.05 bits per heavy atom. The number of hydrogen-bond donors (Lipinski definition) is 1. The van der Waals surface area contributed by atoms with Gasteiger partial charge < -0.3 is 19.5 Å². The van der Waals surface area contributed by atoms with E-state index in [-0.39, 0.29) is 0 Å². The fraction of sp³-hybridized carbons (Fsp3) is 0.625. The largest absolute Gasteiger partial charge is 0.493 e. The van der Waals surface area contributed by atoms with Crippen LogP contribution in [0.4, 0.5) is 0 Å². The predicted molar refractivity (Wildman–Crippen MR) is 79.8 cm³/mol. The Morgan fingerprint density at radius 3 is 2.20 bits per heavy atom. The zero-order chi connectivity index (χ0) is 14.6. The standard InChI is InChI=1S/C16H25NO3/c1-5-16(9-6-10-16)17-11-12-7-8-13(18-2)15(20-4)14(12)19-3/h7-8,17H,5-6,9-11H2,1-4H3. The Kier molecular flexibility index (Phi) is 4.76. The summed E-state index contributed by atoms with van der Waals surface area (Å²) in [4.78, 5) is 0. The number of rotatable bonds is 7. The number of hydrogen-bond acceptors (Lipinski definition) is 4. The van der Waals surface area contributed by atoms with Gasteiger partial charge in [-0.15, -0.1) is 0 Å². The van der Waals surface area contributed by atoms with Gasteiger partial charge >= 0.3 is 0 Å². The topological polar surface area (TPSA) is 39.7 Å². The van der Waals surface area contributed by atoms with Crippen LogP contribution < -0.4 is 19.5 Å². The van der Waals surface area contributed by atoms with Gasteiger partial charge in [0.1, 0.15) is 0 Å². The molecular formula is C16H25NO3. The van der Waals surface area contributed by atoms with Gasteiger partial charge in [-0.2, -0.15) is 0 Å². The second kappa shape index (κ2) is 6.35. The molecule has 0 aromatic heterocycles. The van der Waals surface area contributed by atoms with E-state index in [4.69, 9.17) is 14.2 Å². The van der Waals surface area contributed by atoms with Crippen molar-refractivity contribution in [2.45, 2.75) is 44.7 Å². The van der Waals surface area contributed by atoms with Crippen molar-refractivity contribution in [1.82, 2.24) is 5.32 Å². The highest BCUT2D eigenvalue weighted by Crippen LogP contribution is 2.41. The van der Waals surface area contributed by atoms with Gasteiger partial charge in [0.2, 0.25) is 5.75 Å². The van der Waals surface area contributed by atoms with Gasteiger partial charge in [-0.3, -0.25) is 0 Å². The first-order valence-electron chi connectivity index (χ1n) is 7.22. The predicted octanol–water partition coefficient (Wildman–Crippen LogP) is 3.13. The lowest BCUT2D eigenvalue weighted by Crippen LogP contribution is -2.49. The monoisotopic (exact) mass is 279 g/mol. The highest BCUT2D eigenvalue weighted by molar-refractivity contribution is 5.55. The molecule has 1 aliphatic carbocycles. The molecule has 0 atom stereocenters. The minimum absolute atomic E-state index is 0.318. The zero-order valence-electron chi connectivity index (χ0n) is 12.9. The summed E-state index contributed by atoms with van der Waals surface area (Å²) in [6, 6.07) is 3.97. The van der Waals surface area contributed by atoms with Crippen molar-refractivity contribution in [2.24, 2.45) is 0 Å². The molecule has 0 radical (unpaired) electrons. The molecule has 0 spiro atoms. The molecule has 0 unspecified atom stereocenters. The maximum atomic E-state index is 5.52. The van der Waals surface area contributed by atoms with Crippen LogP contribution >= 0.6 is 0 Å². The van der Waals surface area contributed by atoms with E-state index < -0.39 is 0 Å². The molecule has 0 amide bonds. The summed E-state index contributed by atoms with van der Waals surface area (Å²) in [6.45, 7) is 3.04.